The number of amides is 2. The molecule has 1 aromatic heterocycles. The molecule has 0 fully saturated rings. The van der Waals surface area contributed by atoms with E-state index in [0.717, 1.165) is 22.6 Å². The standard InChI is InChI=1S/C42H40F2N3O4PS.CH2O2/c1-4-31(15-13-28(2)24-42(43,44)52)41(50)47(35-20-22-38(48)29(3)23-35)26-34-27-53-40(46-34)33-18-16-32(17-19-33)39(49)45-25-30-9-8-12-37(21-14-30)51-36-10-6-5-7-11-36;2-1-3/h4-7,9-23,27,48H,1,8,24-26,52H2,2-3H3,(H,45,49);1H,(H,2,3)/b28-13+,31-15+;. The number of para-hydroxylation sites is 1. The van der Waals surface area contributed by atoms with E-state index >= 15 is 0 Å². The van der Waals surface area contributed by atoms with E-state index in [-0.39, 0.29) is 30.2 Å². The first-order valence-corrected chi connectivity index (χ1v) is 18.7. The van der Waals surface area contributed by atoms with E-state index in [9.17, 15) is 23.5 Å². The van der Waals surface area contributed by atoms with E-state index in [1.807, 2.05) is 72.1 Å². The molecule has 3 N–H and O–H groups in total. The van der Waals surface area contributed by atoms with Crippen LogP contribution in [0, 0.1) is 6.92 Å². The summed E-state index contributed by atoms with van der Waals surface area (Å²) >= 11 is 1.40. The van der Waals surface area contributed by atoms with Crippen molar-refractivity contribution in [2.45, 2.75) is 38.9 Å². The predicted molar refractivity (Wildman–Crippen MR) is 221 cm³/mol. The monoisotopic (exact) mass is 797 g/mol. The van der Waals surface area contributed by atoms with Gasteiger partial charge in [0, 0.05) is 40.7 Å². The molecular formula is C43H42F2N3O6PS. The molecule has 13 heteroatoms. The zero-order chi connectivity index (χ0) is 40.7. The van der Waals surface area contributed by atoms with Gasteiger partial charge in [-0.3, -0.25) is 14.4 Å². The van der Waals surface area contributed by atoms with Crippen molar-refractivity contribution in [3.8, 4) is 22.1 Å². The first kappa shape index (κ1) is 42.8. The van der Waals surface area contributed by atoms with Gasteiger partial charge in [-0.2, -0.15) is 0 Å². The number of alkyl halides is 2. The summed E-state index contributed by atoms with van der Waals surface area (Å²) in [7, 11) is 1.52. The Hall–Kier alpha value is -5.97. The van der Waals surface area contributed by atoms with Gasteiger partial charge in [0.15, 0.2) is 0 Å². The number of carbonyl (C=O) groups excluding carboxylic acids is 2. The summed E-state index contributed by atoms with van der Waals surface area (Å²) in [4.78, 5) is 41.5. The van der Waals surface area contributed by atoms with Crippen molar-refractivity contribution in [1.29, 1.82) is 0 Å². The normalized spacial score (nSPS) is 12.9. The minimum absolute atomic E-state index is 0.0875. The smallest absolute Gasteiger partial charge is 0.290 e. The molecule has 0 aliphatic heterocycles. The number of hydrogen-bond acceptors (Lipinski definition) is 7. The number of ether oxygens (including phenoxy) is 1. The van der Waals surface area contributed by atoms with Gasteiger partial charge in [0.1, 0.15) is 22.3 Å². The number of allylic oxidation sites excluding steroid dienone is 6. The zero-order valence-corrected chi connectivity index (χ0v) is 32.8. The number of rotatable bonds is 14. The number of benzene rings is 3. The third kappa shape index (κ3) is 13.1. The van der Waals surface area contributed by atoms with Gasteiger partial charge in [-0.05, 0) is 92.1 Å². The number of aryl methyl sites for hydroxylation is 1. The molecule has 1 unspecified atom stereocenters. The van der Waals surface area contributed by atoms with Crippen molar-refractivity contribution < 1.29 is 38.1 Å². The second-order valence-electron chi connectivity index (χ2n) is 12.5. The minimum Gasteiger partial charge on any atom is -0.508 e. The number of halogens is 2. The Bertz CT molecular complexity index is 2170. The number of thiazole rings is 1. The van der Waals surface area contributed by atoms with E-state index in [2.05, 4.69) is 11.9 Å². The third-order valence-corrected chi connectivity index (χ3v) is 9.27. The highest BCUT2D eigenvalue weighted by atomic mass is 32.1. The van der Waals surface area contributed by atoms with Crippen molar-refractivity contribution >= 4 is 44.6 Å². The summed E-state index contributed by atoms with van der Waals surface area (Å²) in [5.41, 5.74) is 1.63. The predicted octanol–water partition coefficient (Wildman–Crippen LogP) is 9.55. The van der Waals surface area contributed by atoms with Gasteiger partial charge in [-0.25, -0.2) is 13.8 Å². The molecule has 0 saturated heterocycles. The number of anilines is 1. The van der Waals surface area contributed by atoms with Crippen LogP contribution in [-0.2, 0) is 16.1 Å². The number of carboxylic acid groups (broad SMARTS) is 1. The molecule has 0 bridgehead atoms. The molecule has 0 saturated carbocycles. The van der Waals surface area contributed by atoms with Crippen LogP contribution in [0.5, 0.6) is 11.5 Å². The van der Waals surface area contributed by atoms with Crippen molar-refractivity contribution in [2.24, 2.45) is 0 Å². The van der Waals surface area contributed by atoms with Crippen LogP contribution in [0.1, 0.15) is 41.4 Å². The quantitative estimate of drug-likeness (QED) is 0.0502. The summed E-state index contributed by atoms with van der Waals surface area (Å²) < 4.78 is 32.9. The van der Waals surface area contributed by atoms with E-state index in [4.69, 9.17) is 19.6 Å². The second kappa shape index (κ2) is 20.6. The van der Waals surface area contributed by atoms with Crippen molar-refractivity contribution in [3.05, 3.63) is 167 Å². The number of phenols is 1. The maximum Gasteiger partial charge on any atom is 0.290 e. The van der Waals surface area contributed by atoms with Gasteiger partial charge in [-0.1, -0.05) is 76.0 Å². The lowest BCUT2D eigenvalue weighted by Gasteiger charge is -2.23. The Balaban J connectivity index is 0.00000225. The second-order valence-corrected chi connectivity index (χ2v) is 14.2. The van der Waals surface area contributed by atoms with Crippen LogP contribution in [0.3, 0.4) is 0 Å². The molecule has 56 heavy (non-hydrogen) atoms. The summed E-state index contributed by atoms with van der Waals surface area (Å²) in [6.45, 7) is 7.28. The van der Waals surface area contributed by atoms with Crippen LogP contribution >= 0.6 is 20.6 Å². The topological polar surface area (TPSA) is 129 Å². The average Bonchev–Trinajstić information content (AvgIpc) is 3.53. The third-order valence-electron chi connectivity index (χ3n) is 8.12. The van der Waals surface area contributed by atoms with Crippen molar-refractivity contribution in [1.82, 2.24) is 10.3 Å². The fraction of sp³-hybridized carbons (Fsp3) is 0.163. The molecular weight excluding hydrogens is 756 g/mol. The van der Waals surface area contributed by atoms with Gasteiger partial charge in [0.25, 0.3) is 24.0 Å². The number of aromatic hydroxyl groups is 1. The fourth-order valence-electron chi connectivity index (χ4n) is 5.34. The molecule has 1 heterocycles. The number of aromatic nitrogens is 1. The van der Waals surface area contributed by atoms with Crippen LogP contribution < -0.4 is 15.0 Å². The Morgan fingerprint density at radius 1 is 1.07 bits per heavy atom. The lowest BCUT2D eigenvalue weighted by Crippen LogP contribution is -2.31. The number of nitrogens with one attached hydrogen (secondary N) is 1. The molecule has 1 aliphatic rings. The number of phenolic OH excluding ortho intramolecular Hbond substituents is 1. The molecule has 1 atom stereocenters. The summed E-state index contributed by atoms with van der Waals surface area (Å²) in [6.07, 6.45) is 12.4. The first-order valence-electron chi connectivity index (χ1n) is 17.3. The van der Waals surface area contributed by atoms with Crippen LogP contribution in [0.15, 0.2) is 150 Å². The maximum absolute atomic E-state index is 13.9. The Morgan fingerprint density at radius 2 is 1.79 bits per heavy atom. The molecule has 2 amide bonds. The summed E-state index contributed by atoms with van der Waals surface area (Å²) in [5, 5.41) is 22.6. The highest BCUT2D eigenvalue weighted by Gasteiger charge is 2.23. The van der Waals surface area contributed by atoms with E-state index in [1.54, 1.807) is 38.1 Å². The van der Waals surface area contributed by atoms with Gasteiger partial charge >= 0.3 is 0 Å². The SMILES string of the molecule is C=C/C(=C\C=C(/C)CC(F)(F)P)C(=O)N(Cc1csc(-c2ccc(C(=O)NCC3=CCC=C(Oc4ccccc4)C=C3)cc2)n1)c1ccc(O)c(C)c1.O=CO. The van der Waals surface area contributed by atoms with E-state index in [1.165, 1.54) is 49.8 Å². The minimum atomic E-state index is -2.95. The molecule has 1 aliphatic carbocycles. The largest absolute Gasteiger partial charge is 0.508 e. The number of nitrogens with zero attached hydrogens (tertiary/aromatic N) is 2. The molecule has 0 radical (unpaired) electrons. The maximum atomic E-state index is 13.9. The van der Waals surface area contributed by atoms with Gasteiger partial charge in [0.05, 0.1) is 12.2 Å². The van der Waals surface area contributed by atoms with Crippen LogP contribution in [0.2, 0.25) is 0 Å². The Kier molecular flexibility index (Phi) is 15.8. The van der Waals surface area contributed by atoms with Crippen molar-refractivity contribution in [2.75, 3.05) is 11.4 Å². The van der Waals surface area contributed by atoms with Gasteiger partial charge in [-0.15, -0.1) is 11.3 Å². The molecule has 5 rings (SSSR count). The Morgan fingerprint density at radius 3 is 2.45 bits per heavy atom. The van der Waals surface area contributed by atoms with Crippen LogP contribution in [0.25, 0.3) is 10.6 Å². The van der Waals surface area contributed by atoms with E-state index in [0.29, 0.717) is 46.1 Å². The summed E-state index contributed by atoms with van der Waals surface area (Å²) in [5.74, 6) is 0.965. The average molecular weight is 798 g/mol. The Labute approximate surface area is 331 Å². The number of carbonyl (C=O) groups is 3. The highest BCUT2D eigenvalue weighted by molar-refractivity contribution is 7.18. The van der Waals surface area contributed by atoms with Crippen LogP contribution in [-0.4, -0.2) is 45.7 Å². The fourth-order valence-corrected chi connectivity index (χ4v) is 6.48. The molecule has 9 nitrogen and oxygen atoms in total. The lowest BCUT2D eigenvalue weighted by molar-refractivity contribution is -0.123. The molecule has 290 valence electrons. The van der Waals surface area contributed by atoms with E-state index < -0.39 is 18.0 Å². The van der Waals surface area contributed by atoms with Gasteiger partial charge < -0.3 is 25.2 Å². The first-order chi connectivity index (χ1) is 26.8. The molecule has 4 aromatic rings. The highest BCUT2D eigenvalue weighted by Crippen LogP contribution is 2.31. The molecule has 0 spiro atoms. The summed E-state index contributed by atoms with van der Waals surface area (Å²) in [6, 6.07) is 21.5. The van der Waals surface area contributed by atoms with Gasteiger partial charge in [0.2, 0.25) is 0 Å². The molecule has 3 aromatic carbocycles. The van der Waals surface area contributed by atoms with Crippen LogP contribution in [0.4, 0.5) is 14.5 Å². The van der Waals surface area contributed by atoms with Crippen molar-refractivity contribution in [3.63, 3.8) is 0 Å². The zero-order valence-electron chi connectivity index (χ0n) is 30.8. The number of hydrogen-bond donors (Lipinski definition) is 3. The lowest BCUT2D eigenvalue weighted by atomic mass is 10.1.